The highest BCUT2D eigenvalue weighted by Gasteiger charge is 2.08. The lowest BCUT2D eigenvalue weighted by Crippen LogP contribution is -2.19. The number of unbranched alkanes of at least 4 members (excludes halogenated alkanes) is 1. The zero-order chi connectivity index (χ0) is 14.1. The van der Waals surface area contributed by atoms with Gasteiger partial charge in [-0.05, 0) is 18.1 Å². The fourth-order valence-corrected chi connectivity index (χ4v) is 2.09. The third-order valence-corrected chi connectivity index (χ3v) is 3.01. The number of non-ortho nitro benzene ring substituents is 1. The van der Waals surface area contributed by atoms with Crippen LogP contribution < -0.4 is 5.32 Å². The monoisotopic (exact) mass is 330 g/mol. The zero-order valence-corrected chi connectivity index (χ0v) is 12.6. The van der Waals surface area contributed by atoms with Crippen LogP contribution in [0.25, 0.3) is 0 Å². The van der Waals surface area contributed by atoms with Crippen molar-refractivity contribution in [3.05, 3.63) is 38.3 Å². The van der Waals surface area contributed by atoms with E-state index in [1.807, 2.05) is 6.07 Å². The van der Waals surface area contributed by atoms with Crippen LogP contribution in [0.15, 0.2) is 22.7 Å². The summed E-state index contributed by atoms with van der Waals surface area (Å²) in [4.78, 5) is 10.3. The SMILES string of the molecule is CCCCOCCNCc1cc(Br)cc([N+](=O)[O-])c1. The van der Waals surface area contributed by atoms with Crippen molar-refractivity contribution in [2.45, 2.75) is 26.3 Å². The molecule has 0 aliphatic rings. The molecular formula is C13H19BrN2O3. The predicted molar refractivity (Wildman–Crippen MR) is 78.2 cm³/mol. The minimum atomic E-state index is -0.387. The van der Waals surface area contributed by atoms with Crippen molar-refractivity contribution in [2.24, 2.45) is 0 Å². The third-order valence-electron chi connectivity index (χ3n) is 2.55. The number of benzene rings is 1. The van der Waals surface area contributed by atoms with E-state index in [4.69, 9.17) is 4.74 Å². The Morgan fingerprint density at radius 1 is 1.37 bits per heavy atom. The quantitative estimate of drug-likeness (QED) is 0.428. The third kappa shape index (κ3) is 6.66. The number of nitrogens with one attached hydrogen (secondary N) is 1. The highest BCUT2D eigenvalue weighted by atomic mass is 79.9. The van der Waals surface area contributed by atoms with Gasteiger partial charge in [0, 0.05) is 36.3 Å². The van der Waals surface area contributed by atoms with Crippen LogP contribution in [0.5, 0.6) is 0 Å². The number of nitro benzene ring substituents is 1. The predicted octanol–water partition coefficient (Wildman–Crippen LogP) is 3.26. The Balaban J connectivity index is 2.31. The molecule has 0 fully saturated rings. The first-order valence-electron chi connectivity index (χ1n) is 6.35. The van der Waals surface area contributed by atoms with Gasteiger partial charge in [0.05, 0.1) is 11.5 Å². The van der Waals surface area contributed by atoms with Gasteiger partial charge in [0.2, 0.25) is 0 Å². The normalized spacial score (nSPS) is 10.6. The maximum absolute atomic E-state index is 10.7. The maximum Gasteiger partial charge on any atom is 0.270 e. The molecule has 1 aromatic rings. The highest BCUT2D eigenvalue weighted by molar-refractivity contribution is 9.10. The molecule has 0 spiro atoms. The average Bonchev–Trinajstić information content (AvgIpc) is 2.37. The summed E-state index contributed by atoms with van der Waals surface area (Å²) in [6.45, 7) is 4.92. The molecule has 0 radical (unpaired) electrons. The summed E-state index contributed by atoms with van der Waals surface area (Å²) in [5, 5.41) is 13.9. The topological polar surface area (TPSA) is 64.4 Å². The molecule has 0 saturated carbocycles. The van der Waals surface area contributed by atoms with Gasteiger partial charge in [-0.1, -0.05) is 29.3 Å². The van der Waals surface area contributed by atoms with E-state index < -0.39 is 0 Å². The highest BCUT2D eigenvalue weighted by Crippen LogP contribution is 2.21. The smallest absolute Gasteiger partial charge is 0.270 e. The van der Waals surface area contributed by atoms with Crippen molar-refractivity contribution in [3.8, 4) is 0 Å². The number of rotatable bonds is 9. The molecule has 1 N–H and O–H groups in total. The van der Waals surface area contributed by atoms with E-state index in [1.165, 1.54) is 6.07 Å². The first-order chi connectivity index (χ1) is 9.13. The van der Waals surface area contributed by atoms with Crippen molar-refractivity contribution in [3.63, 3.8) is 0 Å². The molecular weight excluding hydrogens is 312 g/mol. The maximum atomic E-state index is 10.7. The summed E-state index contributed by atoms with van der Waals surface area (Å²) >= 11 is 3.28. The van der Waals surface area contributed by atoms with Gasteiger partial charge < -0.3 is 10.1 Å². The van der Waals surface area contributed by atoms with Crippen molar-refractivity contribution < 1.29 is 9.66 Å². The van der Waals surface area contributed by atoms with Crippen molar-refractivity contribution in [1.82, 2.24) is 5.32 Å². The number of ether oxygens (including phenoxy) is 1. The fourth-order valence-electron chi connectivity index (χ4n) is 1.57. The lowest BCUT2D eigenvalue weighted by atomic mass is 10.2. The number of nitrogens with zero attached hydrogens (tertiary/aromatic N) is 1. The summed E-state index contributed by atoms with van der Waals surface area (Å²) < 4.78 is 6.14. The van der Waals surface area contributed by atoms with Crippen LogP contribution in [0.2, 0.25) is 0 Å². The van der Waals surface area contributed by atoms with Crippen molar-refractivity contribution >= 4 is 21.6 Å². The molecule has 6 heteroatoms. The second-order valence-electron chi connectivity index (χ2n) is 4.22. The molecule has 0 aliphatic carbocycles. The van der Waals surface area contributed by atoms with E-state index in [0.717, 1.165) is 36.0 Å². The molecule has 0 unspecified atom stereocenters. The molecule has 0 aromatic heterocycles. The van der Waals surface area contributed by atoms with Gasteiger partial charge in [0.15, 0.2) is 0 Å². The van der Waals surface area contributed by atoms with Gasteiger partial charge in [-0.2, -0.15) is 0 Å². The van der Waals surface area contributed by atoms with Crippen LogP contribution in [-0.4, -0.2) is 24.7 Å². The van der Waals surface area contributed by atoms with Gasteiger partial charge in [-0.15, -0.1) is 0 Å². The van der Waals surface area contributed by atoms with Crippen LogP contribution in [0, 0.1) is 10.1 Å². The van der Waals surface area contributed by atoms with Crippen molar-refractivity contribution in [2.75, 3.05) is 19.8 Å². The first-order valence-corrected chi connectivity index (χ1v) is 7.15. The Labute approximate surface area is 121 Å². The molecule has 106 valence electrons. The fraction of sp³-hybridized carbons (Fsp3) is 0.538. The van der Waals surface area contributed by atoms with Crippen LogP contribution in [0.3, 0.4) is 0 Å². The van der Waals surface area contributed by atoms with Crippen LogP contribution >= 0.6 is 15.9 Å². The summed E-state index contributed by atoms with van der Waals surface area (Å²) in [7, 11) is 0. The zero-order valence-electron chi connectivity index (χ0n) is 11.0. The summed E-state index contributed by atoms with van der Waals surface area (Å²) in [5.74, 6) is 0. The standard InChI is InChI=1S/C13H19BrN2O3/c1-2-3-5-19-6-4-15-10-11-7-12(14)9-13(8-11)16(17)18/h7-9,15H,2-6,10H2,1H3. The van der Waals surface area contributed by atoms with Crippen molar-refractivity contribution in [1.29, 1.82) is 0 Å². The largest absolute Gasteiger partial charge is 0.380 e. The van der Waals surface area contributed by atoms with E-state index in [9.17, 15) is 10.1 Å². The van der Waals surface area contributed by atoms with E-state index >= 15 is 0 Å². The summed E-state index contributed by atoms with van der Waals surface area (Å²) in [6, 6.07) is 4.95. The molecule has 1 rings (SSSR count). The molecule has 5 nitrogen and oxygen atoms in total. The lowest BCUT2D eigenvalue weighted by Gasteiger charge is -2.06. The second-order valence-corrected chi connectivity index (χ2v) is 5.13. The van der Waals surface area contributed by atoms with E-state index in [0.29, 0.717) is 13.2 Å². The Hall–Kier alpha value is -0.980. The molecule has 0 amide bonds. The van der Waals surface area contributed by atoms with Crippen LogP contribution in [0.1, 0.15) is 25.3 Å². The average molecular weight is 331 g/mol. The van der Waals surface area contributed by atoms with Gasteiger partial charge in [-0.3, -0.25) is 10.1 Å². The number of nitro groups is 1. The minimum absolute atomic E-state index is 0.102. The lowest BCUT2D eigenvalue weighted by molar-refractivity contribution is -0.385. The van der Waals surface area contributed by atoms with Gasteiger partial charge in [0.25, 0.3) is 5.69 Å². The molecule has 0 saturated heterocycles. The number of hydrogen-bond acceptors (Lipinski definition) is 4. The molecule has 0 bridgehead atoms. The molecule has 0 aliphatic heterocycles. The van der Waals surface area contributed by atoms with E-state index in [2.05, 4.69) is 28.2 Å². The molecule has 1 aromatic carbocycles. The minimum Gasteiger partial charge on any atom is -0.380 e. The summed E-state index contributed by atoms with van der Waals surface area (Å²) in [5.41, 5.74) is 0.986. The number of halogens is 1. The molecule has 19 heavy (non-hydrogen) atoms. The Kier molecular flexibility index (Phi) is 7.62. The summed E-state index contributed by atoms with van der Waals surface area (Å²) in [6.07, 6.45) is 2.22. The van der Waals surface area contributed by atoms with Gasteiger partial charge in [-0.25, -0.2) is 0 Å². The molecule has 0 atom stereocenters. The Morgan fingerprint density at radius 2 is 2.16 bits per heavy atom. The van der Waals surface area contributed by atoms with Crippen LogP contribution in [0.4, 0.5) is 5.69 Å². The van der Waals surface area contributed by atoms with Crippen LogP contribution in [-0.2, 0) is 11.3 Å². The Morgan fingerprint density at radius 3 is 2.84 bits per heavy atom. The number of hydrogen-bond donors (Lipinski definition) is 1. The molecule has 0 heterocycles. The van der Waals surface area contributed by atoms with Gasteiger partial charge >= 0.3 is 0 Å². The Bertz CT molecular complexity index is 413. The van der Waals surface area contributed by atoms with E-state index in [1.54, 1.807) is 6.07 Å². The first kappa shape index (κ1) is 16.1. The van der Waals surface area contributed by atoms with Gasteiger partial charge in [0.1, 0.15) is 0 Å². The van der Waals surface area contributed by atoms with E-state index in [-0.39, 0.29) is 10.6 Å². The second kappa shape index (κ2) is 9.01.